The first-order chi connectivity index (χ1) is 7.27. The minimum absolute atomic E-state index is 0.215. The molecule has 0 aliphatic carbocycles. The normalized spacial score (nSPS) is 8.81. The lowest BCUT2D eigenvalue weighted by molar-refractivity contribution is -0.151. The third kappa shape index (κ3) is 7.66. The van der Waals surface area contributed by atoms with Crippen LogP contribution >= 0.6 is 0 Å². The molecule has 16 heavy (non-hydrogen) atoms. The predicted molar refractivity (Wildman–Crippen MR) is 54.8 cm³/mol. The monoisotopic (exact) mass is 232 g/mol. The van der Waals surface area contributed by atoms with Crippen LogP contribution in [0.2, 0.25) is 0 Å². The summed E-state index contributed by atoms with van der Waals surface area (Å²) in [4.78, 5) is 40.5. The first-order valence-electron chi connectivity index (χ1n) is 4.66. The number of hydrogen-bond acceptors (Lipinski definition) is 5. The molecule has 0 unspecified atom stereocenters. The summed E-state index contributed by atoms with van der Waals surface area (Å²) in [6.45, 7) is 4.71. The Labute approximate surface area is 93.6 Å². The molecule has 92 valence electrons. The number of esters is 1. The first kappa shape index (κ1) is 16.7. The van der Waals surface area contributed by atoms with Gasteiger partial charge in [-0.1, -0.05) is 20.8 Å². The van der Waals surface area contributed by atoms with E-state index in [1.165, 1.54) is 7.11 Å². The van der Waals surface area contributed by atoms with Crippen molar-refractivity contribution in [3.63, 3.8) is 0 Å². The zero-order valence-corrected chi connectivity index (χ0v) is 9.77. The van der Waals surface area contributed by atoms with E-state index in [1.54, 1.807) is 20.8 Å². The Morgan fingerprint density at radius 2 is 1.62 bits per heavy atom. The van der Waals surface area contributed by atoms with E-state index in [-0.39, 0.29) is 6.42 Å². The van der Waals surface area contributed by atoms with E-state index in [1.807, 2.05) is 0 Å². The van der Waals surface area contributed by atoms with Crippen molar-refractivity contribution in [3.8, 4) is 0 Å². The van der Waals surface area contributed by atoms with Crippen molar-refractivity contribution in [1.29, 1.82) is 0 Å². The number of Topliss-reactive ketones (excluding diaryl/α,β-unsaturated/α-hetero) is 2. The molecule has 0 saturated heterocycles. The molecule has 0 atom stereocenters. The van der Waals surface area contributed by atoms with Gasteiger partial charge in [-0.3, -0.25) is 9.59 Å². The third-order valence-electron chi connectivity index (χ3n) is 1.47. The fourth-order valence-electron chi connectivity index (χ4n) is 0.505. The fourth-order valence-corrected chi connectivity index (χ4v) is 0.505. The van der Waals surface area contributed by atoms with Crippen LogP contribution in [0, 0.1) is 5.92 Å². The van der Waals surface area contributed by atoms with Crippen molar-refractivity contribution in [2.24, 2.45) is 5.92 Å². The molecule has 0 spiro atoms. The highest BCUT2D eigenvalue weighted by Crippen LogP contribution is 1.92. The van der Waals surface area contributed by atoms with Gasteiger partial charge in [0.1, 0.15) is 0 Å². The van der Waals surface area contributed by atoms with Crippen LogP contribution in [0.5, 0.6) is 0 Å². The van der Waals surface area contributed by atoms with E-state index < -0.39 is 29.4 Å². The van der Waals surface area contributed by atoms with Crippen molar-refractivity contribution in [3.05, 3.63) is 0 Å². The number of ether oxygens (including phenoxy) is 1. The summed E-state index contributed by atoms with van der Waals surface area (Å²) < 4.78 is 4.11. The Balaban J connectivity index is 0. The summed E-state index contributed by atoms with van der Waals surface area (Å²) in [6, 6.07) is 0. The van der Waals surface area contributed by atoms with Gasteiger partial charge in [-0.15, -0.1) is 0 Å². The van der Waals surface area contributed by atoms with Crippen LogP contribution in [0.3, 0.4) is 0 Å². The van der Waals surface area contributed by atoms with Crippen LogP contribution in [0.25, 0.3) is 0 Å². The average molecular weight is 232 g/mol. The van der Waals surface area contributed by atoms with Crippen molar-refractivity contribution >= 4 is 23.5 Å². The van der Waals surface area contributed by atoms with Gasteiger partial charge in [-0.05, 0) is 0 Å². The van der Waals surface area contributed by atoms with Crippen molar-refractivity contribution in [2.45, 2.75) is 27.2 Å². The largest absolute Gasteiger partial charge is 0.475 e. The number of carbonyl (C=O) groups excluding carboxylic acids is 3. The van der Waals surface area contributed by atoms with E-state index in [2.05, 4.69) is 4.74 Å². The van der Waals surface area contributed by atoms with Gasteiger partial charge in [0.05, 0.1) is 7.11 Å². The number of methoxy groups -OCH3 is 1. The summed E-state index contributed by atoms with van der Waals surface area (Å²) in [5.41, 5.74) is 0. The molecular weight excluding hydrogens is 216 g/mol. The molecule has 0 amide bonds. The molecule has 0 aromatic rings. The third-order valence-corrected chi connectivity index (χ3v) is 1.47. The molecule has 0 saturated carbocycles. The van der Waals surface area contributed by atoms with Crippen molar-refractivity contribution in [2.75, 3.05) is 7.11 Å². The zero-order valence-electron chi connectivity index (χ0n) is 9.77. The van der Waals surface area contributed by atoms with Gasteiger partial charge in [0.2, 0.25) is 11.6 Å². The maximum absolute atomic E-state index is 10.3. The van der Waals surface area contributed by atoms with Gasteiger partial charge in [0.25, 0.3) is 0 Å². The van der Waals surface area contributed by atoms with E-state index in [0.717, 1.165) is 0 Å². The summed E-state index contributed by atoms with van der Waals surface area (Å²) in [5.74, 6) is -3.71. The molecule has 0 rings (SSSR count). The summed E-state index contributed by atoms with van der Waals surface area (Å²) >= 11 is 0. The topological polar surface area (TPSA) is 97.7 Å². The highest BCUT2D eigenvalue weighted by molar-refractivity contribution is 6.33. The van der Waals surface area contributed by atoms with Gasteiger partial charge in [-0.25, -0.2) is 9.59 Å². The Morgan fingerprint density at radius 3 is 1.69 bits per heavy atom. The smallest absolute Gasteiger partial charge is 0.374 e. The Morgan fingerprint density at radius 1 is 1.19 bits per heavy atom. The number of ketones is 2. The molecule has 0 aliphatic heterocycles. The van der Waals surface area contributed by atoms with Crippen molar-refractivity contribution < 1.29 is 29.0 Å². The van der Waals surface area contributed by atoms with E-state index >= 15 is 0 Å². The lowest BCUT2D eigenvalue weighted by atomic mass is 10.1. The number of carboxylic acid groups (broad SMARTS) is 1. The van der Waals surface area contributed by atoms with Gasteiger partial charge in [0, 0.05) is 12.3 Å². The molecule has 0 fully saturated rings. The standard InChI is InChI=1S/2C5H8O3/c1-3-4(6)5(7)8-2;1-3(2)4(6)5(7)8/h3H2,1-2H3;3H,1-2H3,(H,7,8). The molecule has 6 heteroatoms. The van der Waals surface area contributed by atoms with Crippen LogP contribution in [0.15, 0.2) is 0 Å². The lowest BCUT2D eigenvalue weighted by Gasteiger charge is -1.93. The minimum atomic E-state index is -1.35. The second-order valence-electron chi connectivity index (χ2n) is 3.09. The summed E-state index contributed by atoms with van der Waals surface area (Å²) in [6.07, 6.45) is 0.215. The molecule has 0 aromatic heterocycles. The molecule has 6 nitrogen and oxygen atoms in total. The van der Waals surface area contributed by atoms with Gasteiger partial charge in [-0.2, -0.15) is 0 Å². The molecule has 1 N–H and O–H groups in total. The van der Waals surface area contributed by atoms with Crippen LogP contribution in [0.1, 0.15) is 27.2 Å². The summed E-state index contributed by atoms with van der Waals surface area (Å²) in [7, 11) is 1.19. The number of hydrogen-bond donors (Lipinski definition) is 1. The maximum Gasteiger partial charge on any atom is 0.374 e. The first-order valence-corrected chi connectivity index (χ1v) is 4.66. The Kier molecular flexibility index (Phi) is 8.95. The van der Waals surface area contributed by atoms with E-state index in [0.29, 0.717) is 0 Å². The van der Waals surface area contributed by atoms with Crippen LogP contribution in [0.4, 0.5) is 0 Å². The van der Waals surface area contributed by atoms with Crippen LogP contribution in [-0.2, 0) is 23.9 Å². The SMILES string of the molecule is CC(C)C(=O)C(=O)O.CCC(=O)C(=O)OC. The summed E-state index contributed by atoms with van der Waals surface area (Å²) in [5, 5.41) is 8.00. The van der Waals surface area contributed by atoms with Gasteiger partial charge < -0.3 is 9.84 Å². The van der Waals surface area contributed by atoms with Crippen LogP contribution in [-0.4, -0.2) is 35.7 Å². The highest BCUT2D eigenvalue weighted by Gasteiger charge is 2.14. The van der Waals surface area contributed by atoms with Gasteiger partial charge in [0.15, 0.2) is 0 Å². The highest BCUT2D eigenvalue weighted by atomic mass is 16.5. The second-order valence-corrected chi connectivity index (χ2v) is 3.09. The zero-order chi connectivity index (χ0) is 13.3. The molecule has 0 aromatic carbocycles. The number of rotatable bonds is 4. The number of carbonyl (C=O) groups is 4. The predicted octanol–water partition coefficient (Wildman–Crippen LogP) is 0.435. The number of aliphatic carboxylic acids is 1. The number of carboxylic acids is 1. The molecule has 0 heterocycles. The minimum Gasteiger partial charge on any atom is -0.475 e. The van der Waals surface area contributed by atoms with E-state index in [9.17, 15) is 19.2 Å². The van der Waals surface area contributed by atoms with E-state index in [4.69, 9.17) is 5.11 Å². The van der Waals surface area contributed by atoms with Crippen LogP contribution < -0.4 is 0 Å². The molecular formula is C10H16O6. The van der Waals surface area contributed by atoms with Crippen molar-refractivity contribution in [1.82, 2.24) is 0 Å². The molecule has 0 aliphatic rings. The Bertz CT molecular complexity index is 265. The fraction of sp³-hybridized carbons (Fsp3) is 0.600. The second kappa shape index (κ2) is 8.58. The maximum atomic E-state index is 10.3. The lowest BCUT2D eigenvalue weighted by Crippen LogP contribution is -2.18. The molecule has 0 radical (unpaired) electrons. The van der Waals surface area contributed by atoms with Gasteiger partial charge >= 0.3 is 11.9 Å². The average Bonchev–Trinajstić information content (AvgIpc) is 2.26. The Hall–Kier alpha value is -1.72. The quantitative estimate of drug-likeness (QED) is 0.557. The molecule has 0 bridgehead atoms.